The predicted molar refractivity (Wildman–Crippen MR) is 66.6 cm³/mol. The van der Waals surface area contributed by atoms with E-state index in [1.165, 1.54) is 24.1 Å². The van der Waals surface area contributed by atoms with E-state index in [1.54, 1.807) is 0 Å². The first kappa shape index (κ1) is 11.6. The second-order valence-electron chi connectivity index (χ2n) is 6.13. The van der Waals surface area contributed by atoms with Crippen LogP contribution in [0.25, 0.3) is 0 Å². The molecule has 90 valence electrons. The fourth-order valence-corrected chi connectivity index (χ4v) is 2.33. The maximum atomic E-state index is 4.62. The van der Waals surface area contributed by atoms with Gasteiger partial charge in [-0.2, -0.15) is 5.10 Å². The van der Waals surface area contributed by atoms with Crippen LogP contribution in [0, 0.1) is 0 Å². The van der Waals surface area contributed by atoms with Crippen molar-refractivity contribution < 1.29 is 0 Å². The van der Waals surface area contributed by atoms with Crippen molar-refractivity contribution in [3.8, 4) is 0 Å². The summed E-state index contributed by atoms with van der Waals surface area (Å²) in [7, 11) is 4.08. The lowest BCUT2D eigenvalue weighted by Gasteiger charge is -2.20. The Balaban J connectivity index is 2.27. The predicted octanol–water partition coefficient (Wildman–Crippen LogP) is 2.01. The van der Waals surface area contributed by atoms with Crippen molar-refractivity contribution in [1.29, 1.82) is 0 Å². The lowest BCUT2D eigenvalue weighted by molar-refractivity contribution is 0.520. The zero-order chi connectivity index (χ0) is 12.0. The van der Waals surface area contributed by atoms with Gasteiger partial charge >= 0.3 is 0 Å². The lowest BCUT2D eigenvalue weighted by Crippen LogP contribution is -2.30. The highest BCUT2D eigenvalue weighted by molar-refractivity contribution is 5.28. The van der Waals surface area contributed by atoms with E-state index in [0.717, 1.165) is 6.42 Å². The molecule has 1 fully saturated rings. The van der Waals surface area contributed by atoms with E-state index >= 15 is 0 Å². The quantitative estimate of drug-likeness (QED) is 0.846. The van der Waals surface area contributed by atoms with Crippen molar-refractivity contribution in [2.24, 2.45) is 7.05 Å². The second kappa shape index (κ2) is 3.59. The second-order valence-corrected chi connectivity index (χ2v) is 6.13. The smallest absolute Gasteiger partial charge is 0.0710 e. The summed E-state index contributed by atoms with van der Waals surface area (Å²) >= 11 is 0. The number of hydrogen-bond acceptors (Lipinski definition) is 2. The van der Waals surface area contributed by atoms with Crippen LogP contribution in [0.5, 0.6) is 0 Å². The van der Waals surface area contributed by atoms with Crippen LogP contribution in [0.1, 0.15) is 44.9 Å². The lowest BCUT2D eigenvalue weighted by atomic mass is 9.87. The van der Waals surface area contributed by atoms with E-state index < -0.39 is 0 Å². The molecule has 1 aliphatic rings. The molecule has 1 N–H and O–H groups in total. The number of hydrogen-bond donors (Lipinski definition) is 1. The van der Waals surface area contributed by atoms with Gasteiger partial charge in [0.1, 0.15) is 0 Å². The summed E-state index contributed by atoms with van der Waals surface area (Å²) in [5, 5.41) is 8.07. The fraction of sp³-hybridized carbons (Fsp3) is 0.769. The molecule has 0 spiro atoms. The van der Waals surface area contributed by atoms with E-state index in [4.69, 9.17) is 0 Å². The van der Waals surface area contributed by atoms with Gasteiger partial charge < -0.3 is 5.32 Å². The van der Waals surface area contributed by atoms with E-state index in [1.807, 2.05) is 11.7 Å². The highest BCUT2D eigenvalue weighted by Crippen LogP contribution is 2.39. The Morgan fingerprint density at radius 2 is 2.06 bits per heavy atom. The zero-order valence-electron chi connectivity index (χ0n) is 11.1. The van der Waals surface area contributed by atoms with Crippen molar-refractivity contribution >= 4 is 0 Å². The van der Waals surface area contributed by atoms with Crippen LogP contribution >= 0.6 is 0 Å². The van der Waals surface area contributed by atoms with Crippen LogP contribution in [0.3, 0.4) is 0 Å². The van der Waals surface area contributed by atoms with Crippen LogP contribution in [0.4, 0.5) is 0 Å². The maximum absolute atomic E-state index is 4.62. The van der Waals surface area contributed by atoms with Crippen molar-refractivity contribution in [2.45, 2.75) is 51.0 Å². The Bertz CT molecular complexity index is 380. The number of aromatic nitrogens is 2. The molecule has 1 aliphatic carbocycles. The van der Waals surface area contributed by atoms with Crippen molar-refractivity contribution in [1.82, 2.24) is 15.1 Å². The first-order valence-corrected chi connectivity index (χ1v) is 6.08. The van der Waals surface area contributed by atoms with Crippen LogP contribution in [-0.4, -0.2) is 22.4 Å². The Morgan fingerprint density at radius 3 is 2.50 bits per heavy atom. The monoisotopic (exact) mass is 221 g/mol. The molecular weight excluding hydrogens is 198 g/mol. The van der Waals surface area contributed by atoms with Gasteiger partial charge in [-0.15, -0.1) is 0 Å². The van der Waals surface area contributed by atoms with E-state index in [0.29, 0.717) is 5.54 Å². The molecule has 0 bridgehead atoms. The Labute approximate surface area is 98.2 Å². The van der Waals surface area contributed by atoms with E-state index in [9.17, 15) is 0 Å². The average molecular weight is 221 g/mol. The number of likely N-dealkylation sites (N-methyl/N-ethyl adjacent to an activating group) is 1. The average Bonchev–Trinajstić information content (AvgIpc) is 2.83. The molecule has 1 heterocycles. The van der Waals surface area contributed by atoms with Crippen molar-refractivity contribution in [3.05, 3.63) is 17.5 Å². The third-order valence-corrected chi connectivity index (χ3v) is 3.53. The van der Waals surface area contributed by atoms with Crippen LogP contribution < -0.4 is 5.32 Å². The third kappa shape index (κ3) is 2.14. The summed E-state index contributed by atoms with van der Waals surface area (Å²) in [6, 6.07) is 0. The molecular formula is C13H23N3. The zero-order valence-corrected chi connectivity index (χ0v) is 11.1. The first-order valence-electron chi connectivity index (χ1n) is 6.08. The summed E-state index contributed by atoms with van der Waals surface area (Å²) in [6.07, 6.45) is 5.88. The molecule has 1 aromatic rings. The minimum Gasteiger partial charge on any atom is -0.314 e. The molecule has 3 nitrogen and oxygen atoms in total. The molecule has 0 unspecified atom stereocenters. The number of rotatable bonds is 3. The van der Waals surface area contributed by atoms with E-state index in [-0.39, 0.29) is 5.41 Å². The molecule has 1 aromatic heterocycles. The summed E-state index contributed by atoms with van der Waals surface area (Å²) in [4.78, 5) is 0. The van der Waals surface area contributed by atoms with Gasteiger partial charge in [-0.3, -0.25) is 4.68 Å². The third-order valence-electron chi connectivity index (χ3n) is 3.53. The summed E-state index contributed by atoms with van der Waals surface area (Å²) < 4.78 is 1.95. The van der Waals surface area contributed by atoms with E-state index in [2.05, 4.69) is 44.4 Å². The Hall–Kier alpha value is -0.830. The number of aryl methyl sites for hydroxylation is 1. The Morgan fingerprint density at radius 1 is 1.44 bits per heavy atom. The van der Waals surface area contributed by atoms with Gasteiger partial charge in [-0.1, -0.05) is 20.8 Å². The topological polar surface area (TPSA) is 29.9 Å². The normalized spacial score (nSPS) is 18.8. The van der Waals surface area contributed by atoms with Crippen molar-refractivity contribution in [2.75, 3.05) is 7.05 Å². The maximum Gasteiger partial charge on any atom is 0.0710 e. The summed E-state index contributed by atoms with van der Waals surface area (Å²) in [6.45, 7) is 6.70. The molecule has 1 saturated carbocycles. The SMILES string of the molecule is CNC1(Cc2cn(C)nc2C(C)(C)C)CC1. The van der Waals surface area contributed by atoms with Gasteiger partial charge in [0.25, 0.3) is 0 Å². The van der Waals surface area contributed by atoms with Gasteiger partial charge in [0, 0.05) is 24.2 Å². The highest BCUT2D eigenvalue weighted by Gasteiger charge is 2.42. The van der Waals surface area contributed by atoms with Crippen LogP contribution in [-0.2, 0) is 18.9 Å². The highest BCUT2D eigenvalue weighted by atomic mass is 15.3. The van der Waals surface area contributed by atoms with Gasteiger partial charge in [0.2, 0.25) is 0 Å². The first-order chi connectivity index (χ1) is 7.36. The molecule has 0 atom stereocenters. The number of nitrogens with one attached hydrogen (secondary N) is 1. The van der Waals surface area contributed by atoms with Gasteiger partial charge in [0.15, 0.2) is 0 Å². The standard InChI is InChI=1S/C13H23N3/c1-12(2,3)11-10(9-16(5)15-11)8-13(14-4)6-7-13/h9,14H,6-8H2,1-5H3. The Kier molecular flexibility index (Phi) is 2.61. The molecule has 0 aliphatic heterocycles. The fourth-order valence-electron chi connectivity index (χ4n) is 2.33. The number of nitrogens with zero attached hydrogens (tertiary/aromatic N) is 2. The van der Waals surface area contributed by atoms with Crippen molar-refractivity contribution in [3.63, 3.8) is 0 Å². The van der Waals surface area contributed by atoms with Crippen LogP contribution in [0.2, 0.25) is 0 Å². The van der Waals surface area contributed by atoms with Gasteiger partial charge in [0.05, 0.1) is 5.69 Å². The largest absolute Gasteiger partial charge is 0.314 e. The molecule has 0 aromatic carbocycles. The minimum absolute atomic E-state index is 0.139. The molecule has 3 heteroatoms. The summed E-state index contributed by atoms with van der Waals surface area (Å²) in [5.41, 5.74) is 3.15. The molecule has 0 radical (unpaired) electrons. The molecule has 0 amide bonds. The molecule has 0 saturated heterocycles. The minimum atomic E-state index is 0.139. The summed E-state index contributed by atoms with van der Waals surface area (Å²) in [5.74, 6) is 0. The van der Waals surface area contributed by atoms with Gasteiger partial charge in [-0.05, 0) is 31.9 Å². The van der Waals surface area contributed by atoms with Gasteiger partial charge in [-0.25, -0.2) is 0 Å². The molecule has 16 heavy (non-hydrogen) atoms. The molecule has 2 rings (SSSR count). The van der Waals surface area contributed by atoms with Crippen LogP contribution in [0.15, 0.2) is 6.20 Å².